The van der Waals surface area contributed by atoms with Crippen LogP contribution in [0.1, 0.15) is 5.56 Å². The average molecular weight is 326 g/mol. The van der Waals surface area contributed by atoms with Gasteiger partial charge in [-0.15, -0.1) is 0 Å². The molecule has 0 saturated carbocycles. The highest BCUT2D eigenvalue weighted by Crippen LogP contribution is 2.35. The Morgan fingerprint density at radius 3 is 2.35 bits per heavy atom. The van der Waals surface area contributed by atoms with Gasteiger partial charge in [-0.1, -0.05) is 23.2 Å². The number of benzene rings is 1. The number of halogens is 4. The lowest BCUT2D eigenvalue weighted by Gasteiger charge is -2.10. The Kier molecular flexibility index (Phi) is 6.19. The van der Waals surface area contributed by atoms with Gasteiger partial charge in [-0.3, -0.25) is 0 Å². The second kappa shape index (κ2) is 7.42. The van der Waals surface area contributed by atoms with E-state index in [9.17, 15) is 13.6 Å². The smallest absolute Gasteiger partial charge is 0.387 e. The van der Waals surface area contributed by atoms with Crippen LogP contribution in [0.25, 0.3) is 6.08 Å². The third kappa shape index (κ3) is 4.33. The van der Waals surface area contributed by atoms with Gasteiger partial charge in [0.15, 0.2) is 5.75 Å². The van der Waals surface area contributed by atoms with Crippen molar-refractivity contribution in [3.63, 3.8) is 0 Å². The van der Waals surface area contributed by atoms with Crippen LogP contribution in [-0.4, -0.2) is 26.2 Å². The van der Waals surface area contributed by atoms with E-state index >= 15 is 0 Å². The first-order valence-electron chi connectivity index (χ1n) is 5.31. The third-order valence-corrected chi connectivity index (χ3v) is 2.80. The van der Waals surface area contributed by atoms with E-state index in [0.29, 0.717) is 5.56 Å². The Morgan fingerprint density at radius 2 is 1.95 bits per heavy atom. The molecule has 0 aliphatic rings. The van der Waals surface area contributed by atoms with Crippen molar-refractivity contribution < 1.29 is 23.0 Å². The van der Waals surface area contributed by atoms with Crippen LogP contribution in [-0.2, 0) is 9.53 Å². The van der Waals surface area contributed by atoms with Crippen molar-refractivity contribution in [1.29, 1.82) is 0 Å². The fraction of sp³-hybridized carbons (Fsp3) is 0.250. The van der Waals surface area contributed by atoms with E-state index in [4.69, 9.17) is 28.9 Å². The van der Waals surface area contributed by atoms with E-state index in [2.05, 4.69) is 9.47 Å². The molecule has 0 radical (unpaired) electrons. The fourth-order valence-electron chi connectivity index (χ4n) is 1.40. The molecular formula is C12H11Cl2F2NO3. The van der Waals surface area contributed by atoms with Crippen molar-refractivity contribution in [2.45, 2.75) is 6.61 Å². The van der Waals surface area contributed by atoms with E-state index in [1.807, 2.05) is 0 Å². The minimum Gasteiger partial charge on any atom is -0.466 e. The van der Waals surface area contributed by atoms with Gasteiger partial charge < -0.3 is 15.2 Å². The Morgan fingerprint density at radius 1 is 1.40 bits per heavy atom. The average Bonchev–Trinajstić information content (AvgIpc) is 2.39. The second-order valence-electron chi connectivity index (χ2n) is 3.56. The fourth-order valence-corrected chi connectivity index (χ4v) is 1.99. The molecule has 4 nitrogen and oxygen atoms in total. The number of rotatable bonds is 5. The minimum atomic E-state index is -3.04. The number of methoxy groups -OCH3 is 1. The molecule has 110 valence electrons. The molecule has 0 saturated heterocycles. The highest BCUT2D eigenvalue weighted by Gasteiger charge is 2.15. The molecule has 0 fully saturated rings. The largest absolute Gasteiger partial charge is 0.466 e. The van der Waals surface area contributed by atoms with Gasteiger partial charge in [0.25, 0.3) is 0 Å². The molecule has 0 aliphatic carbocycles. The predicted octanol–water partition coefficient (Wildman–Crippen LogP) is 3.11. The molecule has 0 amide bonds. The van der Waals surface area contributed by atoms with E-state index < -0.39 is 12.6 Å². The van der Waals surface area contributed by atoms with Crippen molar-refractivity contribution in [3.05, 3.63) is 33.3 Å². The highest BCUT2D eigenvalue weighted by atomic mass is 35.5. The number of carbonyl (C=O) groups excluding carboxylic acids is 1. The summed E-state index contributed by atoms with van der Waals surface area (Å²) < 4.78 is 33.1. The standard InChI is InChI=1S/C12H11Cl2F2NO3/c1-19-11(18)7(5-17)2-6-3-8(13)10(9(14)4-6)20-12(15)16/h2-4,12H,5,17H2,1H3/b7-2+. The van der Waals surface area contributed by atoms with Crippen LogP contribution in [0.3, 0.4) is 0 Å². The van der Waals surface area contributed by atoms with E-state index in [1.165, 1.54) is 25.3 Å². The Hall–Kier alpha value is -1.37. The zero-order valence-electron chi connectivity index (χ0n) is 10.3. The van der Waals surface area contributed by atoms with E-state index in [-0.39, 0.29) is 27.9 Å². The van der Waals surface area contributed by atoms with Gasteiger partial charge in [0, 0.05) is 6.54 Å². The lowest BCUT2D eigenvalue weighted by atomic mass is 10.1. The maximum Gasteiger partial charge on any atom is 0.387 e. The molecule has 1 aromatic carbocycles. The molecule has 0 atom stereocenters. The first kappa shape index (κ1) is 16.7. The third-order valence-electron chi connectivity index (χ3n) is 2.24. The van der Waals surface area contributed by atoms with Crippen LogP contribution in [0.4, 0.5) is 8.78 Å². The quantitative estimate of drug-likeness (QED) is 0.667. The van der Waals surface area contributed by atoms with Gasteiger partial charge in [-0.25, -0.2) is 4.79 Å². The molecule has 0 bridgehead atoms. The summed E-state index contributed by atoms with van der Waals surface area (Å²) >= 11 is 11.6. The molecule has 1 aromatic rings. The van der Waals surface area contributed by atoms with Crippen molar-refractivity contribution in [1.82, 2.24) is 0 Å². The molecule has 0 spiro atoms. The summed E-state index contributed by atoms with van der Waals surface area (Å²) in [4.78, 5) is 11.4. The summed E-state index contributed by atoms with van der Waals surface area (Å²) in [7, 11) is 1.21. The van der Waals surface area contributed by atoms with Crippen LogP contribution < -0.4 is 10.5 Å². The molecular weight excluding hydrogens is 315 g/mol. The summed E-state index contributed by atoms with van der Waals surface area (Å²) in [5.74, 6) is -0.930. The first-order valence-corrected chi connectivity index (χ1v) is 6.07. The summed E-state index contributed by atoms with van der Waals surface area (Å²) in [6.45, 7) is -3.10. The normalized spacial score (nSPS) is 11.7. The molecule has 8 heteroatoms. The monoisotopic (exact) mass is 325 g/mol. The summed E-state index contributed by atoms with van der Waals surface area (Å²) in [6, 6.07) is 2.65. The van der Waals surface area contributed by atoms with Gasteiger partial charge >= 0.3 is 12.6 Å². The minimum absolute atomic E-state index is 0.0583. The van der Waals surface area contributed by atoms with Gasteiger partial charge in [-0.2, -0.15) is 8.78 Å². The molecule has 0 aromatic heterocycles. The molecule has 0 unspecified atom stereocenters. The Bertz CT molecular complexity index is 512. The predicted molar refractivity (Wildman–Crippen MR) is 72.1 cm³/mol. The Balaban J connectivity index is 3.16. The van der Waals surface area contributed by atoms with Gasteiger partial charge in [0.05, 0.1) is 22.7 Å². The van der Waals surface area contributed by atoms with Crippen LogP contribution in [0, 0.1) is 0 Å². The van der Waals surface area contributed by atoms with E-state index in [1.54, 1.807) is 0 Å². The van der Waals surface area contributed by atoms with Crippen molar-refractivity contribution in [2.24, 2.45) is 5.73 Å². The number of hydrogen-bond donors (Lipinski definition) is 1. The van der Waals surface area contributed by atoms with E-state index in [0.717, 1.165) is 0 Å². The van der Waals surface area contributed by atoms with Crippen LogP contribution >= 0.6 is 23.2 Å². The lowest BCUT2D eigenvalue weighted by Crippen LogP contribution is -2.14. The number of hydrogen-bond acceptors (Lipinski definition) is 4. The topological polar surface area (TPSA) is 61.5 Å². The van der Waals surface area contributed by atoms with Crippen LogP contribution in [0.2, 0.25) is 10.0 Å². The van der Waals surface area contributed by atoms with Gasteiger partial charge in [0.1, 0.15) is 0 Å². The number of ether oxygens (including phenoxy) is 2. The SMILES string of the molecule is COC(=O)/C(=C/c1cc(Cl)c(OC(F)F)c(Cl)c1)CN. The molecule has 20 heavy (non-hydrogen) atoms. The zero-order valence-corrected chi connectivity index (χ0v) is 11.8. The second-order valence-corrected chi connectivity index (χ2v) is 4.37. The van der Waals surface area contributed by atoms with Gasteiger partial charge in [-0.05, 0) is 23.8 Å². The van der Waals surface area contributed by atoms with Crippen LogP contribution in [0.15, 0.2) is 17.7 Å². The maximum absolute atomic E-state index is 12.2. The van der Waals surface area contributed by atoms with Crippen molar-refractivity contribution in [2.75, 3.05) is 13.7 Å². The summed E-state index contributed by atoms with van der Waals surface area (Å²) in [6.07, 6.45) is 1.40. The zero-order chi connectivity index (χ0) is 15.3. The van der Waals surface area contributed by atoms with Gasteiger partial charge in [0.2, 0.25) is 0 Å². The number of carbonyl (C=O) groups is 1. The molecule has 1 rings (SSSR count). The maximum atomic E-state index is 12.2. The number of nitrogens with two attached hydrogens (primary N) is 1. The van der Waals surface area contributed by atoms with Crippen LogP contribution in [0.5, 0.6) is 5.75 Å². The number of alkyl halides is 2. The highest BCUT2D eigenvalue weighted by molar-refractivity contribution is 6.37. The molecule has 0 aliphatic heterocycles. The van der Waals surface area contributed by atoms with Crippen molar-refractivity contribution in [3.8, 4) is 5.75 Å². The summed E-state index contributed by atoms with van der Waals surface area (Å²) in [5.41, 5.74) is 6.00. The molecule has 0 heterocycles. The first-order chi connectivity index (χ1) is 9.38. The lowest BCUT2D eigenvalue weighted by molar-refractivity contribution is -0.136. The Labute approximate surface area is 124 Å². The van der Waals surface area contributed by atoms with Crippen molar-refractivity contribution >= 4 is 35.2 Å². The molecule has 2 N–H and O–H groups in total. The summed E-state index contributed by atoms with van der Waals surface area (Å²) in [5, 5.41) is -0.212. The number of esters is 1.